The van der Waals surface area contributed by atoms with Gasteiger partial charge in [-0.1, -0.05) is 32.1 Å². The molecule has 0 aromatic rings. The van der Waals surface area contributed by atoms with E-state index in [9.17, 15) is 9.59 Å². The number of carbonyl (C=O) groups is 2. The highest BCUT2D eigenvalue weighted by Crippen LogP contribution is 2.17. The van der Waals surface area contributed by atoms with Crippen molar-refractivity contribution in [2.45, 2.75) is 82.7 Å². The van der Waals surface area contributed by atoms with E-state index >= 15 is 0 Å². The quantitative estimate of drug-likeness (QED) is 0.734. The molecule has 5 heteroatoms. The van der Waals surface area contributed by atoms with Gasteiger partial charge in [0.15, 0.2) is 6.54 Å². The number of imide groups is 1. The molecule has 120 valence electrons. The van der Waals surface area contributed by atoms with E-state index in [1.807, 2.05) is 0 Å². The van der Waals surface area contributed by atoms with Gasteiger partial charge in [0.05, 0.1) is 6.04 Å². The fourth-order valence-corrected chi connectivity index (χ4v) is 3.47. The third-order valence-electron chi connectivity index (χ3n) is 4.73. The van der Waals surface area contributed by atoms with Gasteiger partial charge in [0.1, 0.15) is 0 Å². The second-order valence-electron chi connectivity index (χ2n) is 6.55. The molecule has 2 saturated carbocycles. The van der Waals surface area contributed by atoms with E-state index < -0.39 is 0 Å². The van der Waals surface area contributed by atoms with Crippen molar-refractivity contribution < 1.29 is 14.9 Å². The number of nitrogens with two attached hydrogens (primary N) is 1. The summed E-state index contributed by atoms with van der Waals surface area (Å²) in [5.74, 6) is -0.174. The van der Waals surface area contributed by atoms with Gasteiger partial charge in [-0.15, -0.1) is 0 Å². The highest BCUT2D eigenvalue weighted by molar-refractivity contribution is 5.94. The molecule has 0 heterocycles. The van der Waals surface area contributed by atoms with Crippen molar-refractivity contribution in [1.82, 2.24) is 10.6 Å². The average molecular weight is 296 g/mol. The number of hydrogen-bond acceptors (Lipinski definition) is 2. The van der Waals surface area contributed by atoms with E-state index in [-0.39, 0.29) is 18.0 Å². The maximum absolute atomic E-state index is 11.8. The summed E-state index contributed by atoms with van der Waals surface area (Å²) in [4.78, 5) is 23.5. The Morgan fingerprint density at radius 2 is 1.43 bits per heavy atom. The number of quaternary nitrogens is 1. The van der Waals surface area contributed by atoms with Gasteiger partial charge in [0.25, 0.3) is 5.91 Å². The third-order valence-corrected chi connectivity index (χ3v) is 4.73. The molecular formula is C16H30N3O2+. The summed E-state index contributed by atoms with van der Waals surface area (Å²) < 4.78 is 0. The van der Waals surface area contributed by atoms with Crippen LogP contribution in [-0.2, 0) is 4.79 Å². The van der Waals surface area contributed by atoms with Crippen molar-refractivity contribution in [3.8, 4) is 0 Å². The van der Waals surface area contributed by atoms with Gasteiger partial charge in [-0.05, 0) is 38.5 Å². The lowest BCUT2D eigenvalue weighted by molar-refractivity contribution is -0.680. The van der Waals surface area contributed by atoms with Crippen LogP contribution in [0, 0.1) is 0 Å². The third kappa shape index (κ3) is 6.46. The summed E-state index contributed by atoms with van der Waals surface area (Å²) in [6.45, 7) is 0.364. The first-order chi connectivity index (χ1) is 10.2. The second-order valence-corrected chi connectivity index (χ2v) is 6.55. The SMILES string of the molecule is O=C(C[NH2+]C1CCCCCCC1)NC(=O)NC1CCCC1. The number of urea groups is 1. The molecule has 4 N–H and O–H groups in total. The van der Waals surface area contributed by atoms with Crippen LogP contribution in [0.3, 0.4) is 0 Å². The highest BCUT2D eigenvalue weighted by Gasteiger charge is 2.20. The molecule has 0 aromatic heterocycles. The molecule has 0 aromatic carbocycles. The van der Waals surface area contributed by atoms with Crippen molar-refractivity contribution >= 4 is 11.9 Å². The van der Waals surface area contributed by atoms with Crippen molar-refractivity contribution in [3.05, 3.63) is 0 Å². The Labute approximate surface area is 127 Å². The normalized spacial score (nSPS) is 21.5. The molecule has 21 heavy (non-hydrogen) atoms. The molecule has 3 amide bonds. The maximum Gasteiger partial charge on any atom is 0.321 e. The van der Waals surface area contributed by atoms with Gasteiger partial charge in [-0.25, -0.2) is 4.79 Å². The van der Waals surface area contributed by atoms with Gasteiger partial charge < -0.3 is 10.6 Å². The molecule has 2 aliphatic rings. The monoisotopic (exact) mass is 296 g/mol. The van der Waals surface area contributed by atoms with Crippen molar-refractivity contribution in [3.63, 3.8) is 0 Å². The minimum Gasteiger partial charge on any atom is -0.336 e. The summed E-state index contributed by atoms with van der Waals surface area (Å²) in [5, 5.41) is 7.45. The Hall–Kier alpha value is -1.10. The van der Waals surface area contributed by atoms with Gasteiger partial charge in [-0.3, -0.25) is 10.1 Å². The van der Waals surface area contributed by atoms with Crippen LogP contribution in [0.25, 0.3) is 0 Å². The zero-order chi connectivity index (χ0) is 14.9. The van der Waals surface area contributed by atoms with Crippen LogP contribution < -0.4 is 16.0 Å². The molecule has 0 atom stereocenters. The lowest BCUT2D eigenvalue weighted by atomic mass is 9.97. The van der Waals surface area contributed by atoms with Crippen LogP contribution >= 0.6 is 0 Å². The van der Waals surface area contributed by atoms with Gasteiger partial charge in [0, 0.05) is 6.04 Å². The van der Waals surface area contributed by atoms with Gasteiger partial charge >= 0.3 is 6.03 Å². The molecule has 2 fully saturated rings. The van der Waals surface area contributed by atoms with Crippen LogP contribution in [0.2, 0.25) is 0 Å². The summed E-state index contributed by atoms with van der Waals surface area (Å²) in [6, 6.07) is 0.485. The Balaban J connectivity index is 1.60. The fraction of sp³-hybridized carbons (Fsp3) is 0.875. The highest BCUT2D eigenvalue weighted by atomic mass is 16.2. The molecule has 0 bridgehead atoms. The van der Waals surface area contributed by atoms with Gasteiger partial charge in [0.2, 0.25) is 0 Å². The van der Waals surface area contributed by atoms with E-state index in [4.69, 9.17) is 0 Å². The molecule has 0 radical (unpaired) electrons. The zero-order valence-electron chi connectivity index (χ0n) is 13.0. The van der Waals surface area contributed by atoms with Crippen molar-refractivity contribution in [2.24, 2.45) is 0 Å². The van der Waals surface area contributed by atoms with Crippen LogP contribution in [0.4, 0.5) is 4.79 Å². The largest absolute Gasteiger partial charge is 0.336 e. The summed E-state index contributed by atoms with van der Waals surface area (Å²) in [7, 11) is 0. The molecule has 0 saturated heterocycles. The Morgan fingerprint density at radius 1 is 0.857 bits per heavy atom. The Morgan fingerprint density at radius 3 is 2.10 bits per heavy atom. The van der Waals surface area contributed by atoms with E-state index in [1.54, 1.807) is 0 Å². The van der Waals surface area contributed by atoms with Crippen LogP contribution in [0.1, 0.15) is 70.6 Å². The van der Waals surface area contributed by atoms with E-state index in [0.29, 0.717) is 12.6 Å². The number of nitrogens with one attached hydrogen (secondary N) is 2. The lowest BCUT2D eigenvalue weighted by Crippen LogP contribution is -2.92. The molecule has 0 aliphatic heterocycles. The maximum atomic E-state index is 11.8. The molecule has 5 nitrogen and oxygen atoms in total. The first kappa shape index (κ1) is 16.3. The molecule has 0 unspecified atom stereocenters. The first-order valence-electron chi connectivity index (χ1n) is 8.68. The smallest absolute Gasteiger partial charge is 0.321 e. The predicted molar refractivity (Wildman–Crippen MR) is 81.8 cm³/mol. The van der Waals surface area contributed by atoms with Crippen LogP contribution in [0.15, 0.2) is 0 Å². The number of hydrogen-bond donors (Lipinski definition) is 3. The number of amides is 3. The Bertz CT molecular complexity index is 332. The van der Waals surface area contributed by atoms with E-state index in [0.717, 1.165) is 12.8 Å². The summed E-state index contributed by atoms with van der Waals surface area (Å²) >= 11 is 0. The minimum absolute atomic E-state index is 0.174. The van der Waals surface area contributed by atoms with Crippen LogP contribution in [-0.4, -0.2) is 30.6 Å². The van der Waals surface area contributed by atoms with E-state index in [2.05, 4.69) is 16.0 Å². The van der Waals surface area contributed by atoms with Crippen molar-refractivity contribution in [1.29, 1.82) is 0 Å². The minimum atomic E-state index is -0.321. The predicted octanol–water partition coefficient (Wildman–Crippen LogP) is 1.43. The fourth-order valence-electron chi connectivity index (χ4n) is 3.47. The molecule has 0 spiro atoms. The lowest BCUT2D eigenvalue weighted by Gasteiger charge is -2.18. The average Bonchev–Trinajstić information content (AvgIpc) is 2.90. The van der Waals surface area contributed by atoms with Crippen LogP contribution in [0.5, 0.6) is 0 Å². The number of rotatable bonds is 4. The number of carbonyl (C=O) groups excluding carboxylic acids is 2. The summed E-state index contributed by atoms with van der Waals surface area (Å²) in [5.41, 5.74) is 0. The molecular weight excluding hydrogens is 266 g/mol. The standard InChI is InChI=1S/C16H29N3O2/c20-15(19-16(21)18-14-10-6-7-11-14)12-17-13-8-4-2-1-3-5-9-13/h13-14,17H,1-12H2,(H2,18,19,20,21)/p+1. The topological polar surface area (TPSA) is 74.8 Å². The molecule has 2 aliphatic carbocycles. The second kappa shape index (κ2) is 9.03. The first-order valence-corrected chi connectivity index (χ1v) is 8.68. The van der Waals surface area contributed by atoms with Crippen molar-refractivity contribution in [2.75, 3.05) is 6.54 Å². The molecule has 2 rings (SSSR count). The summed E-state index contributed by atoms with van der Waals surface area (Å²) in [6.07, 6.45) is 13.3. The Kier molecular flexibility index (Phi) is 7.00. The zero-order valence-corrected chi connectivity index (χ0v) is 13.0. The van der Waals surface area contributed by atoms with Gasteiger partial charge in [-0.2, -0.15) is 0 Å². The van der Waals surface area contributed by atoms with E-state index in [1.165, 1.54) is 57.8 Å².